The maximum absolute atomic E-state index is 13.8. The van der Waals surface area contributed by atoms with Crippen molar-refractivity contribution in [1.29, 1.82) is 0 Å². The van der Waals surface area contributed by atoms with Crippen molar-refractivity contribution >= 4 is 22.7 Å². The first-order chi connectivity index (χ1) is 16.6. The van der Waals surface area contributed by atoms with Gasteiger partial charge in [0.1, 0.15) is 11.5 Å². The van der Waals surface area contributed by atoms with E-state index in [9.17, 15) is 9.59 Å². The van der Waals surface area contributed by atoms with E-state index in [1.807, 2.05) is 67.7 Å². The minimum absolute atomic E-state index is 0.103. The van der Waals surface area contributed by atoms with Crippen molar-refractivity contribution in [2.75, 3.05) is 20.3 Å². The predicted molar refractivity (Wildman–Crippen MR) is 128 cm³/mol. The molecule has 174 valence electrons. The second-order valence-electron chi connectivity index (χ2n) is 8.52. The first-order valence-electron chi connectivity index (χ1n) is 11.4. The van der Waals surface area contributed by atoms with Crippen molar-refractivity contribution in [3.8, 4) is 0 Å². The van der Waals surface area contributed by atoms with Crippen LogP contribution in [0.15, 0.2) is 71.3 Å². The van der Waals surface area contributed by atoms with Crippen LogP contribution >= 0.6 is 0 Å². The fourth-order valence-electron chi connectivity index (χ4n) is 4.86. The van der Waals surface area contributed by atoms with E-state index >= 15 is 0 Å². The van der Waals surface area contributed by atoms with Gasteiger partial charge in [-0.15, -0.1) is 0 Å². The fourth-order valence-corrected chi connectivity index (χ4v) is 4.86. The molecule has 7 nitrogen and oxygen atoms in total. The normalized spacial score (nSPS) is 17.7. The minimum atomic E-state index is -0.596. The van der Waals surface area contributed by atoms with Gasteiger partial charge in [0.15, 0.2) is 0 Å². The lowest BCUT2D eigenvalue weighted by atomic mass is 9.79. The number of benzene rings is 2. The molecule has 4 aromatic rings. The molecule has 0 fully saturated rings. The standard InChI is InChI=1S/C27H27N3O4/c1-17-11-12-18(34-17)15-29-26(31)24-20-8-3-4-9-21(20)27(32)30(13-14-33-2)25(24)22-16-28-23-10-6-5-7-19(22)23/h3-12,16,24-25,28H,13-15H2,1-2H3,(H,29,31). The Bertz CT molecular complexity index is 1340. The average Bonchev–Trinajstić information content (AvgIpc) is 3.47. The summed E-state index contributed by atoms with van der Waals surface area (Å²) < 4.78 is 11.0. The van der Waals surface area contributed by atoms with Crippen LogP contribution in [0.1, 0.15) is 45.0 Å². The Hall–Kier alpha value is -3.84. The smallest absolute Gasteiger partial charge is 0.254 e. The van der Waals surface area contributed by atoms with E-state index in [-0.39, 0.29) is 18.4 Å². The molecule has 2 aromatic carbocycles. The zero-order valence-corrected chi connectivity index (χ0v) is 19.2. The third-order valence-corrected chi connectivity index (χ3v) is 6.43. The molecule has 0 saturated heterocycles. The number of furan rings is 1. The van der Waals surface area contributed by atoms with E-state index in [1.165, 1.54) is 0 Å². The van der Waals surface area contributed by atoms with Gasteiger partial charge in [-0.2, -0.15) is 0 Å². The van der Waals surface area contributed by atoms with Crippen LogP contribution in [0.3, 0.4) is 0 Å². The van der Waals surface area contributed by atoms with Gasteiger partial charge in [0.05, 0.1) is 25.1 Å². The first kappa shape index (κ1) is 22.0. The molecule has 0 bridgehead atoms. The lowest BCUT2D eigenvalue weighted by Gasteiger charge is -2.41. The number of aromatic amines is 1. The summed E-state index contributed by atoms with van der Waals surface area (Å²) >= 11 is 0. The van der Waals surface area contributed by atoms with E-state index in [1.54, 1.807) is 18.1 Å². The molecule has 1 aliphatic heterocycles. The summed E-state index contributed by atoms with van der Waals surface area (Å²) in [5, 5.41) is 4.03. The van der Waals surface area contributed by atoms with Crippen LogP contribution in [-0.4, -0.2) is 42.0 Å². The van der Waals surface area contributed by atoms with E-state index in [0.717, 1.165) is 27.8 Å². The van der Waals surface area contributed by atoms with Gasteiger partial charge >= 0.3 is 0 Å². The number of nitrogens with one attached hydrogen (secondary N) is 2. The second-order valence-corrected chi connectivity index (χ2v) is 8.52. The van der Waals surface area contributed by atoms with Gasteiger partial charge in [0.25, 0.3) is 5.91 Å². The zero-order valence-electron chi connectivity index (χ0n) is 19.2. The number of rotatable bonds is 7. The second kappa shape index (κ2) is 9.19. The largest absolute Gasteiger partial charge is 0.465 e. The zero-order chi connectivity index (χ0) is 23.7. The molecule has 2 N–H and O–H groups in total. The quantitative estimate of drug-likeness (QED) is 0.433. The number of fused-ring (bicyclic) bond motifs is 2. The lowest BCUT2D eigenvalue weighted by molar-refractivity contribution is -0.124. The van der Waals surface area contributed by atoms with Crippen molar-refractivity contribution in [1.82, 2.24) is 15.2 Å². The summed E-state index contributed by atoms with van der Waals surface area (Å²) in [5.74, 6) is 0.618. The molecule has 5 rings (SSSR count). The maximum atomic E-state index is 13.8. The van der Waals surface area contributed by atoms with Crippen LogP contribution in [0.2, 0.25) is 0 Å². The number of hydrogen-bond acceptors (Lipinski definition) is 4. The Labute approximate surface area is 197 Å². The lowest BCUT2D eigenvalue weighted by Crippen LogP contribution is -2.48. The van der Waals surface area contributed by atoms with Crippen LogP contribution in [-0.2, 0) is 16.1 Å². The van der Waals surface area contributed by atoms with E-state index < -0.39 is 12.0 Å². The van der Waals surface area contributed by atoms with Gasteiger partial charge in [-0.3, -0.25) is 9.59 Å². The molecule has 2 amide bonds. The van der Waals surface area contributed by atoms with Gasteiger partial charge in [0.2, 0.25) is 5.91 Å². The Morgan fingerprint density at radius 2 is 1.88 bits per heavy atom. The van der Waals surface area contributed by atoms with Crippen molar-refractivity contribution in [3.63, 3.8) is 0 Å². The average molecular weight is 458 g/mol. The summed E-state index contributed by atoms with van der Waals surface area (Å²) in [6.07, 6.45) is 1.91. The molecule has 0 aliphatic carbocycles. The number of para-hydroxylation sites is 1. The molecule has 7 heteroatoms. The molecule has 3 heterocycles. The number of ether oxygens (including phenoxy) is 1. The number of carbonyl (C=O) groups excluding carboxylic acids is 2. The molecule has 2 unspecified atom stereocenters. The summed E-state index contributed by atoms with van der Waals surface area (Å²) in [5.41, 5.74) is 3.14. The summed E-state index contributed by atoms with van der Waals surface area (Å²) in [7, 11) is 1.61. The number of aryl methyl sites for hydroxylation is 1. The first-order valence-corrected chi connectivity index (χ1v) is 11.4. The maximum Gasteiger partial charge on any atom is 0.254 e. The van der Waals surface area contributed by atoms with Crippen LogP contribution < -0.4 is 5.32 Å². The number of carbonyl (C=O) groups is 2. The number of methoxy groups -OCH3 is 1. The summed E-state index contributed by atoms with van der Waals surface area (Å²) in [6.45, 7) is 2.88. The Kier molecular flexibility index (Phi) is 5.94. The van der Waals surface area contributed by atoms with E-state index in [2.05, 4.69) is 10.3 Å². The van der Waals surface area contributed by atoms with Crippen molar-refractivity contribution in [2.45, 2.75) is 25.4 Å². The third-order valence-electron chi connectivity index (χ3n) is 6.43. The fraction of sp³-hybridized carbons (Fsp3) is 0.259. The molecular formula is C27H27N3O4. The summed E-state index contributed by atoms with van der Waals surface area (Å²) in [6, 6.07) is 18.5. The van der Waals surface area contributed by atoms with Gasteiger partial charge < -0.3 is 24.4 Å². The molecule has 2 aromatic heterocycles. The van der Waals surface area contributed by atoms with Crippen LogP contribution in [0.4, 0.5) is 0 Å². The Balaban J connectivity index is 1.61. The SMILES string of the molecule is COCCN1C(=O)c2ccccc2C(C(=O)NCc2ccc(C)o2)C1c1c[nH]c2ccccc12. The molecular weight excluding hydrogens is 430 g/mol. The number of nitrogens with zero attached hydrogens (tertiary/aromatic N) is 1. The van der Waals surface area contributed by atoms with Crippen LogP contribution in [0.5, 0.6) is 0 Å². The highest BCUT2D eigenvalue weighted by Crippen LogP contribution is 2.44. The van der Waals surface area contributed by atoms with Crippen molar-refractivity contribution in [3.05, 3.63) is 95.1 Å². The highest BCUT2D eigenvalue weighted by molar-refractivity contribution is 6.02. The minimum Gasteiger partial charge on any atom is -0.465 e. The third kappa shape index (κ3) is 3.88. The van der Waals surface area contributed by atoms with Crippen molar-refractivity contribution < 1.29 is 18.7 Å². The molecule has 1 aliphatic rings. The molecule has 2 atom stereocenters. The monoisotopic (exact) mass is 457 g/mol. The van der Waals surface area contributed by atoms with Gasteiger partial charge in [-0.05, 0) is 36.8 Å². The number of H-pyrrole nitrogens is 1. The molecule has 0 radical (unpaired) electrons. The van der Waals surface area contributed by atoms with Crippen molar-refractivity contribution in [2.24, 2.45) is 0 Å². The van der Waals surface area contributed by atoms with Gasteiger partial charge in [-0.25, -0.2) is 0 Å². The molecule has 0 saturated carbocycles. The summed E-state index contributed by atoms with van der Waals surface area (Å²) in [4.78, 5) is 32.5. The molecule has 0 spiro atoms. The van der Waals surface area contributed by atoms with Crippen LogP contribution in [0.25, 0.3) is 10.9 Å². The predicted octanol–water partition coefficient (Wildman–Crippen LogP) is 4.31. The van der Waals surface area contributed by atoms with Crippen LogP contribution in [0, 0.1) is 6.92 Å². The van der Waals surface area contributed by atoms with Gasteiger partial charge in [-0.1, -0.05) is 36.4 Å². The van der Waals surface area contributed by atoms with E-state index in [4.69, 9.17) is 9.15 Å². The highest BCUT2D eigenvalue weighted by Gasteiger charge is 2.44. The topological polar surface area (TPSA) is 87.6 Å². The number of amides is 2. The van der Waals surface area contributed by atoms with Gasteiger partial charge in [0, 0.05) is 41.9 Å². The Morgan fingerprint density at radius 3 is 2.68 bits per heavy atom. The number of aromatic nitrogens is 1. The van der Waals surface area contributed by atoms with E-state index in [0.29, 0.717) is 24.5 Å². The highest BCUT2D eigenvalue weighted by atomic mass is 16.5. The number of hydrogen-bond donors (Lipinski definition) is 2. The Morgan fingerprint density at radius 1 is 1.09 bits per heavy atom. The molecule has 34 heavy (non-hydrogen) atoms.